The highest BCUT2D eigenvalue weighted by atomic mass is 15.3. The van der Waals surface area contributed by atoms with Crippen molar-refractivity contribution in [3.63, 3.8) is 0 Å². The minimum absolute atomic E-state index is 0.845. The first kappa shape index (κ1) is 20.6. The Kier molecular flexibility index (Phi) is 5.49. The van der Waals surface area contributed by atoms with Gasteiger partial charge in [0, 0.05) is 32.7 Å². The van der Waals surface area contributed by atoms with E-state index < -0.39 is 0 Å². The van der Waals surface area contributed by atoms with Gasteiger partial charge in [-0.3, -0.25) is 4.90 Å². The monoisotopic (exact) mass is 446 g/mol. The molecule has 0 N–H and O–H groups in total. The summed E-state index contributed by atoms with van der Waals surface area (Å²) in [4.78, 5) is 14.0. The smallest absolute Gasteiger partial charge is 0.168 e. The second-order valence-corrected chi connectivity index (χ2v) is 8.65. The maximum Gasteiger partial charge on any atom is 0.168 e. The van der Waals surface area contributed by atoms with Gasteiger partial charge in [0.1, 0.15) is 12.1 Å². The molecule has 168 valence electrons. The molecule has 3 aromatic carbocycles. The number of benzene rings is 3. The summed E-state index contributed by atoms with van der Waals surface area (Å²) in [7, 11) is 0. The zero-order valence-corrected chi connectivity index (χ0v) is 19.0. The third kappa shape index (κ3) is 4.04. The summed E-state index contributed by atoms with van der Waals surface area (Å²) in [6, 6.07) is 29.6. The van der Waals surface area contributed by atoms with Gasteiger partial charge < -0.3 is 4.90 Å². The summed E-state index contributed by atoms with van der Waals surface area (Å²) in [5.41, 5.74) is 5.72. The first-order chi connectivity index (χ1) is 16.8. The molecule has 6 heteroatoms. The molecule has 1 saturated heterocycles. The Bertz CT molecular complexity index is 1370. The standard InChI is InChI=1S/C28H26N6/c1-3-7-23(8-4-1)24-13-11-22(12-14-24)20-32-15-17-33(18-16-32)27-26-19-31-34(28(26)30-21-29-27)25-9-5-2-6-10-25/h1-14,19,21H,15-18,20H2. The highest BCUT2D eigenvalue weighted by molar-refractivity contribution is 5.87. The largest absolute Gasteiger partial charge is 0.353 e. The number of hydrogen-bond donors (Lipinski definition) is 0. The predicted molar refractivity (Wildman–Crippen MR) is 136 cm³/mol. The molecule has 1 aliphatic rings. The molecule has 2 aromatic heterocycles. The van der Waals surface area contributed by atoms with E-state index in [1.165, 1.54) is 16.7 Å². The van der Waals surface area contributed by atoms with Crippen LogP contribution in [0.3, 0.4) is 0 Å². The van der Waals surface area contributed by atoms with E-state index in [2.05, 4.69) is 79.5 Å². The fourth-order valence-electron chi connectivity index (χ4n) is 4.65. The Labute approximate surface area is 199 Å². The fraction of sp³-hybridized carbons (Fsp3) is 0.179. The molecule has 0 unspecified atom stereocenters. The second kappa shape index (κ2) is 9.08. The Morgan fingerprint density at radius 1 is 0.676 bits per heavy atom. The number of para-hydroxylation sites is 1. The van der Waals surface area contributed by atoms with Crippen molar-refractivity contribution in [2.24, 2.45) is 0 Å². The molecular formula is C28H26N6. The summed E-state index contributed by atoms with van der Waals surface area (Å²) >= 11 is 0. The molecule has 0 radical (unpaired) electrons. The lowest BCUT2D eigenvalue weighted by atomic mass is 10.0. The van der Waals surface area contributed by atoms with Gasteiger partial charge >= 0.3 is 0 Å². The van der Waals surface area contributed by atoms with Crippen LogP contribution in [0.25, 0.3) is 27.8 Å². The molecule has 5 aromatic rings. The van der Waals surface area contributed by atoms with Crippen LogP contribution >= 0.6 is 0 Å². The lowest BCUT2D eigenvalue weighted by molar-refractivity contribution is 0.249. The average molecular weight is 447 g/mol. The lowest BCUT2D eigenvalue weighted by Gasteiger charge is -2.35. The molecule has 6 nitrogen and oxygen atoms in total. The summed E-state index contributed by atoms with van der Waals surface area (Å²) in [6.45, 7) is 4.83. The van der Waals surface area contributed by atoms with E-state index in [1.807, 2.05) is 41.2 Å². The van der Waals surface area contributed by atoms with Gasteiger partial charge in [-0.05, 0) is 28.8 Å². The quantitative estimate of drug-likeness (QED) is 0.388. The fourth-order valence-corrected chi connectivity index (χ4v) is 4.65. The van der Waals surface area contributed by atoms with E-state index in [9.17, 15) is 0 Å². The van der Waals surface area contributed by atoms with Crippen LogP contribution in [-0.2, 0) is 6.54 Å². The van der Waals surface area contributed by atoms with Gasteiger partial charge in [0.05, 0.1) is 17.3 Å². The first-order valence-electron chi connectivity index (χ1n) is 11.7. The van der Waals surface area contributed by atoms with Crippen LogP contribution in [0.2, 0.25) is 0 Å². The van der Waals surface area contributed by atoms with Crippen LogP contribution in [0.15, 0.2) is 97.5 Å². The molecule has 6 rings (SSSR count). The van der Waals surface area contributed by atoms with Crippen LogP contribution in [-0.4, -0.2) is 50.8 Å². The third-order valence-corrected chi connectivity index (χ3v) is 6.48. The molecule has 0 bridgehead atoms. The molecule has 1 aliphatic heterocycles. The number of aromatic nitrogens is 4. The highest BCUT2D eigenvalue weighted by Gasteiger charge is 2.21. The molecule has 0 spiro atoms. The summed E-state index contributed by atoms with van der Waals surface area (Å²) < 4.78 is 1.88. The Morgan fingerprint density at radius 2 is 1.35 bits per heavy atom. The normalized spacial score (nSPS) is 14.5. The van der Waals surface area contributed by atoms with Crippen molar-refractivity contribution < 1.29 is 0 Å². The van der Waals surface area contributed by atoms with Crippen LogP contribution in [0.5, 0.6) is 0 Å². The minimum atomic E-state index is 0.845. The second-order valence-electron chi connectivity index (χ2n) is 8.65. The number of piperazine rings is 1. The van der Waals surface area contributed by atoms with E-state index in [1.54, 1.807) is 6.33 Å². The average Bonchev–Trinajstić information content (AvgIpc) is 3.35. The molecule has 1 fully saturated rings. The van der Waals surface area contributed by atoms with Crippen molar-refractivity contribution in [1.82, 2.24) is 24.6 Å². The zero-order chi connectivity index (χ0) is 22.7. The van der Waals surface area contributed by atoms with Gasteiger partial charge in [-0.2, -0.15) is 5.10 Å². The molecule has 0 amide bonds. The van der Waals surface area contributed by atoms with E-state index in [4.69, 9.17) is 0 Å². The topological polar surface area (TPSA) is 50.1 Å². The van der Waals surface area contributed by atoms with E-state index in [0.29, 0.717) is 0 Å². The molecule has 34 heavy (non-hydrogen) atoms. The van der Waals surface area contributed by atoms with Crippen LogP contribution in [0.4, 0.5) is 5.82 Å². The van der Waals surface area contributed by atoms with Crippen molar-refractivity contribution in [2.75, 3.05) is 31.1 Å². The number of anilines is 1. The molecule has 3 heterocycles. The Hall–Kier alpha value is -4.03. The van der Waals surface area contributed by atoms with Crippen LogP contribution in [0.1, 0.15) is 5.56 Å². The summed E-state index contributed by atoms with van der Waals surface area (Å²) in [6.07, 6.45) is 3.54. The van der Waals surface area contributed by atoms with E-state index >= 15 is 0 Å². The number of fused-ring (bicyclic) bond motifs is 1. The predicted octanol–water partition coefficient (Wildman–Crippen LogP) is 4.80. The van der Waals surface area contributed by atoms with Crippen molar-refractivity contribution >= 4 is 16.9 Å². The van der Waals surface area contributed by atoms with Crippen molar-refractivity contribution in [3.05, 3.63) is 103 Å². The van der Waals surface area contributed by atoms with Gasteiger partial charge in [0.25, 0.3) is 0 Å². The van der Waals surface area contributed by atoms with Crippen LogP contribution in [0, 0.1) is 0 Å². The van der Waals surface area contributed by atoms with Gasteiger partial charge in [-0.25, -0.2) is 14.6 Å². The number of rotatable bonds is 5. The summed E-state index contributed by atoms with van der Waals surface area (Å²) in [5, 5.41) is 5.59. The van der Waals surface area contributed by atoms with Crippen molar-refractivity contribution in [3.8, 4) is 16.8 Å². The van der Waals surface area contributed by atoms with Crippen LogP contribution < -0.4 is 4.90 Å². The highest BCUT2D eigenvalue weighted by Crippen LogP contribution is 2.26. The van der Waals surface area contributed by atoms with Gasteiger partial charge in [0.2, 0.25) is 0 Å². The third-order valence-electron chi connectivity index (χ3n) is 6.48. The SMILES string of the molecule is c1ccc(-c2ccc(CN3CCN(c4ncnc5c4cnn5-c4ccccc4)CC3)cc2)cc1. The van der Waals surface area contributed by atoms with Crippen molar-refractivity contribution in [2.45, 2.75) is 6.54 Å². The lowest BCUT2D eigenvalue weighted by Crippen LogP contribution is -2.46. The minimum Gasteiger partial charge on any atom is -0.353 e. The molecule has 0 aliphatic carbocycles. The first-order valence-corrected chi connectivity index (χ1v) is 11.7. The van der Waals surface area contributed by atoms with Gasteiger partial charge in [-0.1, -0.05) is 72.8 Å². The van der Waals surface area contributed by atoms with E-state index in [-0.39, 0.29) is 0 Å². The van der Waals surface area contributed by atoms with Gasteiger partial charge in [-0.15, -0.1) is 0 Å². The number of nitrogens with zero attached hydrogens (tertiary/aromatic N) is 6. The number of hydrogen-bond acceptors (Lipinski definition) is 5. The summed E-state index contributed by atoms with van der Waals surface area (Å²) in [5.74, 6) is 0.971. The Balaban J connectivity index is 1.13. The maximum atomic E-state index is 4.63. The van der Waals surface area contributed by atoms with Gasteiger partial charge in [0.15, 0.2) is 5.65 Å². The zero-order valence-electron chi connectivity index (χ0n) is 19.0. The molecular weight excluding hydrogens is 420 g/mol. The molecule has 0 saturated carbocycles. The van der Waals surface area contributed by atoms with Crippen molar-refractivity contribution in [1.29, 1.82) is 0 Å². The van der Waals surface area contributed by atoms with E-state index in [0.717, 1.165) is 55.3 Å². The maximum absolute atomic E-state index is 4.63. The molecule has 0 atom stereocenters. The Morgan fingerprint density at radius 3 is 2.09 bits per heavy atom.